The highest BCUT2D eigenvalue weighted by molar-refractivity contribution is 5.92. The molecule has 27 heavy (non-hydrogen) atoms. The standard InChI is InChI=1S/C24H24N2O/c1-15-10-11-20-22(24(15)27-2)19-12-13-25-21(23(19)26-20)14-17-8-5-7-16-6-3-4-9-18(16)17/h3-11,21,25-26H,12-14H2,1-2H3. The molecule has 0 aliphatic carbocycles. The molecule has 0 saturated carbocycles. The van der Waals surface area contributed by atoms with Crippen LogP contribution in [-0.4, -0.2) is 18.6 Å². The van der Waals surface area contributed by atoms with Gasteiger partial charge in [0.25, 0.3) is 0 Å². The minimum atomic E-state index is 0.289. The zero-order chi connectivity index (χ0) is 18.4. The van der Waals surface area contributed by atoms with E-state index in [1.165, 1.54) is 44.1 Å². The van der Waals surface area contributed by atoms with Crippen molar-refractivity contribution in [2.75, 3.05) is 13.7 Å². The van der Waals surface area contributed by atoms with E-state index < -0.39 is 0 Å². The number of hydrogen-bond donors (Lipinski definition) is 2. The molecule has 2 N–H and O–H groups in total. The fourth-order valence-electron chi connectivity index (χ4n) is 4.60. The third-order valence-electron chi connectivity index (χ3n) is 5.87. The fraction of sp³-hybridized carbons (Fsp3) is 0.250. The van der Waals surface area contributed by atoms with Crippen LogP contribution >= 0.6 is 0 Å². The first kappa shape index (κ1) is 16.4. The van der Waals surface area contributed by atoms with Gasteiger partial charge in [-0.15, -0.1) is 0 Å². The lowest BCUT2D eigenvalue weighted by atomic mass is 9.92. The van der Waals surface area contributed by atoms with Gasteiger partial charge in [-0.25, -0.2) is 0 Å². The number of aryl methyl sites for hydroxylation is 1. The number of rotatable bonds is 3. The van der Waals surface area contributed by atoms with Crippen molar-refractivity contribution in [3.8, 4) is 5.75 Å². The van der Waals surface area contributed by atoms with E-state index in [1.807, 2.05) is 0 Å². The van der Waals surface area contributed by atoms with E-state index in [0.717, 1.165) is 25.1 Å². The fourth-order valence-corrected chi connectivity index (χ4v) is 4.60. The summed E-state index contributed by atoms with van der Waals surface area (Å²) in [6.07, 6.45) is 2.00. The quantitative estimate of drug-likeness (QED) is 0.538. The van der Waals surface area contributed by atoms with Gasteiger partial charge in [0.05, 0.1) is 13.2 Å². The van der Waals surface area contributed by atoms with E-state index in [-0.39, 0.29) is 6.04 Å². The van der Waals surface area contributed by atoms with Crippen LogP contribution in [0.3, 0.4) is 0 Å². The molecule has 1 unspecified atom stereocenters. The average molecular weight is 356 g/mol. The van der Waals surface area contributed by atoms with Crippen LogP contribution < -0.4 is 10.1 Å². The van der Waals surface area contributed by atoms with Crippen LogP contribution in [0.2, 0.25) is 0 Å². The number of benzene rings is 3. The SMILES string of the molecule is COc1c(C)ccc2[nH]c3c(c12)CCNC3Cc1cccc2ccccc12. The van der Waals surface area contributed by atoms with E-state index in [4.69, 9.17) is 4.74 Å². The lowest BCUT2D eigenvalue weighted by Crippen LogP contribution is -2.31. The minimum absolute atomic E-state index is 0.289. The number of fused-ring (bicyclic) bond motifs is 4. The van der Waals surface area contributed by atoms with Gasteiger partial charge in [0.15, 0.2) is 0 Å². The lowest BCUT2D eigenvalue weighted by molar-refractivity contribution is 0.416. The highest BCUT2D eigenvalue weighted by atomic mass is 16.5. The van der Waals surface area contributed by atoms with Crippen LogP contribution in [0.1, 0.15) is 28.4 Å². The summed E-state index contributed by atoms with van der Waals surface area (Å²) in [5, 5.41) is 7.64. The van der Waals surface area contributed by atoms with Crippen molar-refractivity contribution in [1.82, 2.24) is 10.3 Å². The molecule has 1 aromatic heterocycles. The van der Waals surface area contributed by atoms with Crippen molar-refractivity contribution in [2.45, 2.75) is 25.8 Å². The third-order valence-corrected chi connectivity index (χ3v) is 5.87. The molecule has 3 nitrogen and oxygen atoms in total. The molecule has 0 spiro atoms. The molecular formula is C24H24N2O. The van der Waals surface area contributed by atoms with E-state index in [2.05, 4.69) is 71.8 Å². The Labute approximate surface area is 159 Å². The second-order valence-electron chi connectivity index (χ2n) is 7.45. The van der Waals surface area contributed by atoms with Crippen molar-refractivity contribution in [2.24, 2.45) is 0 Å². The van der Waals surface area contributed by atoms with Crippen LogP contribution in [0.5, 0.6) is 5.75 Å². The molecule has 3 heteroatoms. The summed E-state index contributed by atoms with van der Waals surface area (Å²) in [7, 11) is 1.77. The molecule has 0 radical (unpaired) electrons. The Kier molecular flexibility index (Phi) is 3.91. The van der Waals surface area contributed by atoms with Crippen molar-refractivity contribution in [3.63, 3.8) is 0 Å². The monoisotopic (exact) mass is 356 g/mol. The van der Waals surface area contributed by atoms with Gasteiger partial charge in [0, 0.05) is 16.6 Å². The van der Waals surface area contributed by atoms with Gasteiger partial charge in [-0.05, 0) is 59.8 Å². The first-order valence-corrected chi connectivity index (χ1v) is 9.64. The molecule has 0 amide bonds. The number of aromatic nitrogens is 1. The molecule has 3 aromatic carbocycles. The molecule has 0 fully saturated rings. The highest BCUT2D eigenvalue weighted by Crippen LogP contribution is 2.38. The van der Waals surface area contributed by atoms with Crippen LogP contribution in [-0.2, 0) is 12.8 Å². The number of methoxy groups -OCH3 is 1. The largest absolute Gasteiger partial charge is 0.496 e. The van der Waals surface area contributed by atoms with E-state index in [1.54, 1.807) is 7.11 Å². The summed E-state index contributed by atoms with van der Waals surface area (Å²) in [6.45, 7) is 3.11. The summed E-state index contributed by atoms with van der Waals surface area (Å²) < 4.78 is 5.75. The molecule has 0 bridgehead atoms. The minimum Gasteiger partial charge on any atom is -0.496 e. The molecule has 1 aliphatic rings. The molecule has 2 heterocycles. The van der Waals surface area contributed by atoms with Crippen molar-refractivity contribution in [3.05, 3.63) is 77.0 Å². The number of H-pyrrole nitrogens is 1. The van der Waals surface area contributed by atoms with Crippen LogP contribution in [0, 0.1) is 6.92 Å². The summed E-state index contributed by atoms with van der Waals surface area (Å²) in [6, 6.07) is 19.9. The molecule has 0 saturated heterocycles. The lowest BCUT2D eigenvalue weighted by Gasteiger charge is -2.25. The van der Waals surface area contributed by atoms with E-state index in [0.29, 0.717) is 0 Å². The topological polar surface area (TPSA) is 37.0 Å². The number of nitrogens with one attached hydrogen (secondary N) is 2. The second-order valence-corrected chi connectivity index (χ2v) is 7.45. The predicted molar refractivity (Wildman–Crippen MR) is 112 cm³/mol. The molecule has 1 aliphatic heterocycles. The first-order valence-electron chi connectivity index (χ1n) is 9.64. The summed E-state index contributed by atoms with van der Waals surface area (Å²) in [5.41, 5.74) is 6.48. The number of hydrogen-bond acceptors (Lipinski definition) is 2. The molecule has 136 valence electrons. The number of ether oxygens (including phenoxy) is 1. The van der Waals surface area contributed by atoms with Crippen molar-refractivity contribution < 1.29 is 4.74 Å². The number of aromatic amines is 1. The Morgan fingerprint density at radius 2 is 1.89 bits per heavy atom. The highest BCUT2D eigenvalue weighted by Gasteiger charge is 2.26. The van der Waals surface area contributed by atoms with Crippen molar-refractivity contribution in [1.29, 1.82) is 0 Å². The zero-order valence-corrected chi connectivity index (χ0v) is 15.8. The summed E-state index contributed by atoms with van der Waals surface area (Å²) in [5.74, 6) is 1.01. The first-order chi connectivity index (χ1) is 13.3. The van der Waals surface area contributed by atoms with Crippen LogP contribution in [0.15, 0.2) is 54.6 Å². The van der Waals surface area contributed by atoms with Gasteiger partial charge in [-0.1, -0.05) is 48.5 Å². The van der Waals surface area contributed by atoms with Crippen molar-refractivity contribution >= 4 is 21.7 Å². The van der Waals surface area contributed by atoms with Gasteiger partial charge in [0.2, 0.25) is 0 Å². The van der Waals surface area contributed by atoms with Gasteiger partial charge >= 0.3 is 0 Å². The Hall–Kier alpha value is -2.78. The second kappa shape index (κ2) is 6.43. The van der Waals surface area contributed by atoms with E-state index in [9.17, 15) is 0 Å². The van der Waals surface area contributed by atoms with Crippen LogP contribution in [0.25, 0.3) is 21.7 Å². The van der Waals surface area contributed by atoms with Gasteiger partial charge in [0.1, 0.15) is 5.75 Å². The summed E-state index contributed by atoms with van der Waals surface area (Å²) in [4.78, 5) is 3.69. The molecule has 5 rings (SSSR count). The Balaban J connectivity index is 1.62. The third kappa shape index (κ3) is 2.62. The van der Waals surface area contributed by atoms with Crippen LogP contribution in [0.4, 0.5) is 0 Å². The van der Waals surface area contributed by atoms with Gasteiger partial charge in [-0.2, -0.15) is 0 Å². The molecular weight excluding hydrogens is 332 g/mol. The normalized spacial score (nSPS) is 16.6. The van der Waals surface area contributed by atoms with Gasteiger partial charge in [-0.3, -0.25) is 0 Å². The Morgan fingerprint density at radius 1 is 1.04 bits per heavy atom. The summed E-state index contributed by atoms with van der Waals surface area (Å²) >= 11 is 0. The zero-order valence-electron chi connectivity index (χ0n) is 15.8. The Morgan fingerprint density at radius 3 is 2.78 bits per heavy atom. The maximum Gasteiger partial charge on any atom is 0.131 e. The Bertz CT molecular complexity index is 1140. The smallest absolute Gasteiger partial charge is 0.131 e. The average Bonchev–Trinajstić information content (AvgIpc) is 3.08. The maximum absolute atomic E-state index is 5.75. The molecule has 4 aromatic rings. The predicted octanol–water partition coefficient (Wildman–Crippen LogP) is 5.07. The van der Waals surface area contributed by atoms with E-state index >= 15 is 0 Å². The maximum atomic E-state index is 5.75. The molecule has 1 atom stereocenters. The van der Waals surface area contributed by atoms with Gasteiger partial charge < -0.3 is 15.0 Å².